The average molecular weight is 241 g/mol. The van der Waals surface area contributed by atoms with Crippen LogP contribution in [0.1, 0.15) is 18.4 Å². The molecule has 3 heteroatoms. The molecule has 0 atom stereocenters. The van der Waals surface area contributed by atoms with Crippen molar-refractivity contribution < 1.29 is 9.13 Å². The summed E-state index contributed by atoms with van der Waals surface area (Å²) in [5, 5.41) is 0. The fourth-order valence-corrected chi connectivity index (χ4v) is 1.21. The van der Waals surface area contributed by atoms with Gasteiger partial charge in [0.1, 0.15) is 5.75 Å². The zero-order valence-corrected chi connectivity index (χ0v) is 9.77. The molecule has 0 N–H and O–H groups in total. The lowest BCUT2D eigenvalue weighted by molar-refractivity contribution is 0.289. The maximum Gasteiger partial charge on any atom is 0.120 e. The van der Waals surface area contributed by atoms with Crippen molar-refractivity contribution >= 4 is 11.6 Å². The van der Waals surface area contributed by atoms with Crippen LogP contribution in [-0.4, -0.2) is 19.2 Å². The zero-order chi connectivity index (χ0) is 11.6. The Labute approximate surface area is 101 Å². The van der Waals surface area contributed by atoms with Crippen LogP contribution in [0.4, 0.5) is 4.39 Å². The van der Waals surface area contributed by atoms with Gasteiger partial charge in [0.25, 0.3) is 0 Å². The summed E-state index contributed by atoms with van der Waals surface area (Å²) < 4.78 is 17.2. The van der Waals surface area contributed by atoms with Crippen molar-refractivity contribution in [3.05, 3.63) is 29.8 Å². The first-order valence-electron chi connectivity index (χ1n) is 5.20. The number of halogens is 2. The van der Waals surface area contributed by atoms with Gasteiger partial charge in [0, 0.05) is 24.3 Å². The highest BCUT2D eigenvalue weighted by molar-refractivity contribution is 6.18. The fourth-order valence-electron chi connectivity index (χ4n) is 1.12. The van der Waals surface area contributed by atoms with Crippen LogP contribution in [0.15, 0.2) is 24.3 Å². The normalized spacial score (nSPS) is 9.38. The molecule has 0 saturated heterocycles. The first-order valence-corrected chi connectivity index (χ1v) is 5.74. The second kappa shape index (κ2) is 8.01. The number of hydrogen-bond acceptors (Lipinski definition) is 1. The van der Waals surface area contributed by atoms with Crippen LogP contribution < -0.4 is 4.74 Å². The van der Waals surface area contributed by atoms with Crippen LogP contribution >= 0.6 is 11.6 Å². The lowest BCUT2D eigenvalue weighted by Gasteiger charge is -2.04. The van der Waals surface area contributed by atoms with E-state index in [-0.39, 0.29) is 6.67 Å². The molecular weight excluding hydrogens is 227 g/mol. The predicted octanol–water partition coefficient (Wildman–Crippen LogP) is 3.41. The van der Waals surface area contributed by atoms with Crippen molar-refractivity contribution in [1.29, 1.82) is 0 Å². The van der Waals surface area contributed by atoms with Crippen molar-refractivity contribution in [2.75, 3.05) is 19.2 Å². The molecule has 0 aliphatic heterocycles. The first-order chi connectivity index (χ1) is 7.86. The van der Waals surface area contributed by atoms with Gasteiger partial charge in [-0.3, -0.25) is 4.39 Å². The lowest BCUT2D eigenvalue weighted by Crippen LogP contribution is -1.97. The molecule has 0 aromatic heterocycles. The summed E-state index contributed by atoms with van der Waals surface area (Å²) in [6.45, 7) is 0.0459. The lowest BCUT2D eigenvalue weighted by atomic mass is 10.2. The van der Waals surface area contributed by atoms with Gasteiger partial charge in [-0.05, 0) is 18.2 Å². The Morgan fingerprint density at radius 3 is 3.00 bits per heavy atom. The molecule has 0 unspecified atom stereocenters. The summed E-state index contributed by atoms with van der Waals surface area (Å²) >= 11 is 5.52. The summed E-state index contributed by atoms with van der Waals surface area (Å²) in [4.78, 5) is 0. The van der Waals surface area contributed by atoms with Crippen molar-refractivity contribution in [3.63, 3.8) is 0 Å². The van der Waals surface area contributed by atoms with Gasteiger partial charge in [-0.15, -0.1) is 11.6 Å². The summed E-state index contributed by atoms with van der Waals surface area (Å²) in [6.07, 6.45) is 1.09. The summed E-state index contributed by atoms with van der Waals surface area (Å²) in [6, 6.07) is 7.46. The fraction of sp³-hybridized carbons (Fsp3) is 0.385. The third-order valence-electron chi connectivity index (χ3n) is 1.83. The van der Waals surface area contributed by atoms with Crippen molar-refractivity contribution in [3.8, 4) is 17.6 Å². The Balaban J connectivity index is 2.54. The molecule has 1 nitrogen and oxygen atoms in total. The third-order valence-corrected chi connectivity index (χ3v) is 2.02. The standard InChI is InChI=1S/C13H14ClFO/c14-8-2-1-5-12-6-3-7-13(11-12)16-10-4-9-15/h3,6-7,11H,2,4,8-10H2. The van der Waals surface area contributed by atoms with Gasteiger partial charge >= 0.3 is 0 Å². The Morgan fingerprint density at radius 1 is 1.38 bits per heavy atom. The van der Waals surface area contributed by atoms with Crippen LogP contribution in [0.5, 0.6) is 5.75 Å². The second-order valence-electron chi connectivity index (χ2n) is 3.16. The highest BCUT2D eigenvalue weighted by Crippen LogP contribution is 2.12. The molecule has 86 valence electrons. The van der Waals surface area contributed by atoms with E-state index in [1.54, 1.807) is 0 Å². The maximum absolute atomic E-state index is 11.9. The van der Waals surface area contributed by atoms with E-state index in [2.05, 4.69) is 11.8 Å². The SMILES string of the molecule is FCCCOc1cccc(C#CCCCl)c1. The van der Waals surface area contributed by atoms with Crippen LogP contribution in [0.25, 0.3) is 0 Å². The molecule has 0 amide bonds. The zero-order valence-electron chi connectivity index (χ0n) is 9.01. The van der Waals surface area contributed by atoms with E-state index in [4.69, 9.17) is 16.3 Å². The first kappa shape index (κ1) is 12.9. The van der Waals surface area contributed by atoms with Crippen LogP contribution in [0, 0.1) is 11.8 Å². The molecular formula is C13H14ClFO. The molecule has 1 aromatic rings. The maximum atomic E-state index is 11.9. The molecule has 16 heavy (non-hydrogen) atoms. The molecule has 1 aromatic carbocycles. The van der Waals surface area contributed by atoms with Gasteiger partial charge in [-0.1, -0.05) is 17.9 Å². The van der Waals surface area contributed by atoms with E-state index in [0.29, 0.717) is 25.3 Å². The van der Waals surface area contributed by atoms with Gasteiger partial charge in [0.2, 0.25) is 0 Å². The largest absolute Gasteiger partial charge is 0.493 e. The van der Waals surface area contributed by atoms with E-state index < -0.39 is 0 Å². The highest BCUT2D eigenvalue weighted by atomic mass is 35.5. The summed E-state index contributed by atoms with van der Waals surface area (Å²) in [5.41, 5.74) is 0.892. The van der Waals surface area contributed by atoms with E-state index in [0.717, 1.165) is 11.3 Å². The molecule has 0 radical (unpaired) electrons. The number of ether oxygens (including phenoxy) is 1. The monoisotopic (exact) mass is 240 g/mol. The Kier molecular flexibility index (Phi) is 6.44. The predicted molar refractivity (Wildman–Crippen MR) is 64.7 cm³/mol. The second-order valence-corrected chi connectivity index (χ2v) is 3.54. The van der Waals surface area contributed by atoms with E-state index in [1.807, 2.05) is 24.3 Å². The number of benzene rings is 1. The third kappa shape index (κ3) is 5.04. The van der Waals surface area contributed by atoms with Crippen molar-refractivity contribution in [1.82, 2.24) is 0 Å². The molecule has 0 heterocycles. The molecule has 0 bridgehead atoms. The van der Waals surface area contributed by atoms with Gasteiger partial charge in [0.05, 0.1) is 13.3 Å². The molecule has 1 rings (SSSR count). The Morgan fingerprint density at radius 2 is 2.25 bits per heavy atom. The van der Waals surface area contributed by atoms with Gasteiger partial charge in [-0.2, -0.15) is 0 Å². The number of rotatable bonds is 5. The van der Waals surface area contributed by atoms with Crippen molar-refractivity contribution in [2.45, 2.75) is 12.8 Å². The van der Waals surface area contributed by atoms with Gasteiger partial charge in [0.15, 0.2) is 0 Å². The quantitative estimate of drug-likeness (QED) is 0.435. The Bertz CT molecular complexity index is 368. The Hall–Kier alpha value is -1.20. The van der Waals surface area contributed by atoms with Crippen LogP contribution in [0.3, 0.4) is 0 Å². The molecule has 0 fully saturated rings. The minimum Gasteiger partial charge on any atom is -0.493 e. The van der Waals surface area contributed by atoms with E-state index in [9.17, 15) is 4.39 Å². The average Bonchev–Trinajstić information content (AvgIpc) is 2.30. The minimum atomic E-state index is -0.352. The van der Waals surface area contributed by atoms with Gasteiger partial charge < -0.3 is 4.74 Å². The minimum absolute atomic E-state index is 0.352. The highest BCUT2D eigenvalue weighted by Gasteiger charge is 1.94. The molecule has 0 spiro atoms. The number of alkyl halides is 2. The summed E-state index contributed by atoms with van der Waals surface area (Å²) in [5.74, 6) is 7.21. The number of hydrogen-bond donors (Lipinski definition) is 0. The van der Waals surface area contributed by atoms with Crippen LogP contribution in [-0.2, 0) is 0 Å². The topological polar surface area (TPSA) is 9.23 Å². The van der Waals surface area contributed by atoms with E-state index in [1.165, 1.54) is 0 Å². The van der Waals surface area contributed by atoms with Crippen molar-refractivity contribution in [2.24, 2.45) is 0 Å². The van der Waals surface area contributed by atoms with Gasteiger partial charge in [-0.25, -0.2) is 0 Å². The molecule has 0 saturated carbocycles. The van der Waals surface area contributed by atoms with E-state index >= 15 is 0 Å². The smallest absolute Gasteiger partial charge is 0.120 e. The van der Waals surface area contributed by atoms with Crippen LogP contribution in [0.2, 0.25) is 0 Å². The summed E-state index contributed by atoms with van der Waals surface area (Å²) in [7, 11) is 0. The molecule has 0 aliphatic carbocycles. The molecule has 0 aliphatic rings.